The molecule has 3 aromatic rings. The highest BCUT2D eigenvalue weighted by molar-refractivity contribution is 5.83. The van der Waals surface area contributed by atoms with Crippen LogP contribution in [0, 0.1) is 6.92 Å². The maximum Gasteiger partial charge on any atom is 0.118 e. The van der Waals surface area contributed by atoms with Gasteiger partial charge in [-0.3, -0.25) is 9.88 Å². The number of pyridine rings is 1. The fraction of sp³-hybridized carbons (Fsp3) is 0.389. The number of furan rings is 1. The van der Waals surface area contributed by atoms with Crippen molar-refractivity contribution >= 4 is 10.9 Å². The number of nitrogens with two attached hydrogens (primary N) is 1. The number of nitrogens with zero attached hydrogens (tertiary/aromatic N) is 3. The van der Waals surface area contributed by atoms with E-state index in [9.17, 15) is 0 Å². The highest BCUT2D eigenvalue weighted by atomic mass is 16.3. The minimum Gasteiger partial charge on any atom is -0.465 e. The van der Waals surface area contributed by atoms with E-state index in [1.165, 1.54) is 10.9 Å². The molecule has 23 heavy (non-hydrogen) atoms. The van der Waals surface area contributed by atoms with Crippen molar-refractivity contribution in [3.63, 3.8) is 0 Å². The molecule has 0 radical (unpaired) electrons. The quantitative estimate of drug-likeness (QED) is 0.807. The van der Waals surface area contributed by atoms with Crippen LogP contribution >= 0.6 is 0 Å². The van der Waals surface area contributed by atoms with Gasteiger partial charge in [0, 0.05) is 49.9 Å². The topological polar surface area (TPSA) is 60.2 Å². The summed E-state index contributed by atoms with van der Waals surface area (Å²) in [4.78, 5) is 6.61. The lowest BCUT2D eigenvalue weighted by Crippen LogP contribution is -2.28. The fourth-order valence-electron chi connectivity index (χ4n) is 3.72. The Balaban J connectivity index is 1.59. The average Bonchev–Trinajstić information content (AvgIpc) is 3.19. The largest absolute Gasteiger partial charge is 0.465 e. The molecular weight excluding hydrogens is 288 g/mol. The molecule has 1 aliphatic heterocycles. The van der Waals surface area contributed by atoms with Gasteiger partial charge in [0.1, 0.15) is 11.5 Å². The zero-order valence-electron chi connectivity index (χ0n) is 13.6. The molecule has 4 rings (SSSR count). The first kappa shape index (κ1) is 14.5. The summed E-state index contributed by atoms with van der Waals surface area (Å²) in [7, 11) is 2.07. The molecule has 3 aromatic heterocycles. The van der Waals surface area contributed by atoms with E-state index in [0.29, 0.717) is 5.92 Å². The number of aromatic nitrogens is 2. The van der Waals surface area contributed by atoms with Crippen molar-refractivity contribution in [3.8, 4) is 0 Å². The molecule has 2 atom stereocenters. The maximum atomic E-state index is 6.46. The molecule has 5 heteroatoms. The second-order valence-corrected chi connectivity index (χ2v) is 6.56. The summed E-state index contributed by atoms with van der Waals surface area (Å²) >= 11 is 0. The van der Waals surface area contributed by atoms with Gasteiger partial charge in [0.25, 0.3) is 0 Å². The van der Waals surface area contributed by atoms with Gasteiger partial charge in [-0.2, -0.15) is 0 Å². The van der Waals surface area contributed by atoms with Crippen LogP contribution in [0.15, 0.2) is 41.2 Å². The van der Waals surface area contributed by atoms with Crippen molar-refractivity contribution < 1.29 is 4.42 Å². The van der Waals surface area contributed by atoms with Crippen LogP contribution in [0.1, 0.15) is 23.0 Å². The van der Waals surface area contributed by atoms with Crippen LogP contribution in [-0.4, -0.2) is 33.6 Å². The normalized spacial score (nSPS) is 22.2. The molecule has 2 N–H and O–H groups in total. The van der Waals surface area contributed by atoms with Gasteiger partial charge >= 0.3 is 0 Å². The number of aryl methyl sites for hydroxylation is 2. The zero-order chi connectivity index (χ0) is 16.0. The first-order valence-corrected chi connectivity index (χ1v) is 8.04. The Kier molecular flexibility index (Phi) is 3.47. The van der Waals surface area contributed by atoms with Gasteiger partial charge in [-0.1, -0.05) is 0 Å². The fourth-order valence-corrected chi connectivity index (χ4v) is 3.72. The molecule has 1 aliphatic rings. The Morgan fingerprint density at radius 1 is 1.30 bits per heavy atom. The summed E-state index contributed by atoms with van der Waals surface area (Å²) in [5.41, 5.74) is 8.95. The van der Waals surface area contributed by atoms with E-state index in [-0.39, 0.29) is 6.04 Å². The first-order chi connectivity index (χ1) is 11.1. The average molecular weight is 310 g/mol. The summed E-state index contributed by atoms with van der Waals surface area (Å²) in [6, 6.07) is 6.30. The molecular formula is C18H22N4O. The second-order valence-electron chi connectivity index (χ2n) is 6.56. The van der Waals surface area contributed by atoms with Gasteiger partial charge in [0.05, 0.1) is 18.3 Å². The van der Waals surface area contributed by atoms with Crippen molar-refractivity contribution in [3.05, 3.63) is 53.9 Å². The van der Waals surface area contributed by atoms with Gasteiger partial charge in [-0.25, -0.2) is 0 Å². The number of likely N-dealkylation sites (tertiary alicyclic amines) is 1. The zero-order valence-corrected chi connectivity index (χ0v) is 13.6. The Morgan fingerprint density at radius 3 is 2.96 bits per heavy atom. The first-order valence-electron chi connectivity index (χ1n) is 8.04. The van der Waals surface area contributed by atoms with Gasteiger partial charge in [-0.05, 0) is 30.7 Å². The van der Waals surface area contributed by atoms with Crippen LogP contribution in [0.5, 0.6) is 0 Å². The van der Waals surface area contributed by atoms with Crippen molar-refractivity contribution in [2.24, 2.45) is 12.8 Å². The molecule has 0 amide bonds. The minimum atomic E-state index is 0.143. The van der Waals surface area contributed by atoms with Crippen molar-refractivity contribution in [2.45, 2.75) is 25.4 Å². The molecule has 0 bridgehead atoms. The summed E-state index contributed by atoms with van der Waals surface area (Å²) in [6.07, 6.45) is 5.98. The van der Waals surface area contributed by atoms with Crippen molar-refractivity contribution in [1.82, 2.24) is 14.5 Å². The van der Waals surface area contributed by atoms with Crippen LogP contribution in [0.3, 0.4) is 0 Å². The Labute approximate surface area is 135 Å². The van der Waals surface area contributed by atoms with Gasteiger partial charge in [-0.15, -0.1) is 0 Å². The number of rotatable bonds is 3. The van der Waals surface area contributed by atoms with E-state index < -0.39 is 0 Å². The summed E-state index contributed by atoms with van der Waals surface area (Å²) in [6.45, 7) is 4.66. The highest BCUT2D eigenvalue weighted by Crippen LogP contribution is 2.33. The molecule has 4 heterocycles. The monoisotopic (exact) mass is 310 g/mol. The Morgan fingerprint density at radius 2 is 2.17 bits per heavy atom. The molecule has 1 fully saturated rings. The SMILES string of the molecule is Cc1ccc(CN2C[C@@H](N)[C@H](c3cn(C)c4cnccc34)C2)o1. The minimum absolute atomic E-state index is 0.143. The van der Waals surface area contributed by atoms with Crippen LogP contribution in [0.4, 0.5) is 0 Å². The molecule has 0 aliphatic carbocycles. The summed E-state index contributed by atoms with van der Waals surface area (Å²) < 4.78 is 7.84. The van der Waals surface area contributed by atoms with Crippen molar-refractivity contribution in [2.75, 3.05) is 13.1 Å². The maximum absolute atomic E-state index is 6.46. The molecule has 0 saturated carbocycles. The predicted octanol–water partition coefficient (Wildman–Crippen LogP) is 2.40. The third-order valence-corrected chi connectivity index (χ3v) is 4.84. The highest BCUT2D eigenvalue weighted by Gasteiger charge is 2.33. The number of hydrogen-bond acceptors (Lipinski definition) is 4. The Hall–Kier alpha value is -2.11. The third kappa shape index (κ3) is 2.56. The summed E-state index contributed by atoms with van der Waals surface area (Å²) in [5, 5.41) is 1.26. The van der Waals surface area contributed by atoms with Gasteiger partial charge < -0.3 is 14.7 Å². The lowest BCUT2D eigenvalue weighted by Gasteiger charge is -2.14. The van der Waals surface area contributed by atoms with Crippen molar-refractivity contribution in [1.29, 1.82) is 0 Å². The lowest BCUT2D eigenvalue weighted by atomic mass is 9.95. The smallest absolute Gasteiger partial charge is 0.118 e. The Bertz CT molecular complexity index is 835. The molecule has 120 valence electrons. The van der Waals surface area contributed by atoms with Gasteiger partial charge in [0.15, 0.2) is 0 Å². The van der Waals surface area contributed by atoms with Crippen LogP contribution < -0.4 is 5.73 Å². The second kappa shape index (κ2) is 5.51. The van der Waals surface area contributed by atoms with E-state index in [4.69, 9.17) is 10.2 Å². The predicted molar refractivity (Wildman–Crippen MR) is 90.2 cm³/mol. The standard InChI is InChI=1S/C18H22N4O/c1-12-3-4-13(23-12)8-22-10-16(17(19)11-22)15-9-21(2)18-7-20-6-5-14(15)18/h3-7,9,16-17H,8,10-11,19H2,1-2H3/t16-,17+/m0/s1. The third-order valence-electron chi connectivity index (χ3n) is 4.84. The van der Waals surface area contributed by atoms with E-state index in [1.807, 2.05) is 25.4 Å². The van der Waals surface area contributed by atoms with E-state index >= 15 is 0 Å². The van der Waals surface area contributed by atoms with Crippen LogP contribution in [0.2, 0.25) is 0 Å². The molecule has 0 spiro atoms. The van der Waals surface area contributed by atoms with E-state index in [0.717, 1.165) is 36.7 Å². The van der Waals surface area contributed by atoms with Crippen LogP contribution in [-0.2, 0) is 13.6 Å². The molecule has 0 unspecified atom stereocenters. The van der Waals surface area contributed by atoms with Crippen LogP contribution in [0.25, 0.3) is 10.9 Å². The molecule has 1 saturated heterocycles. The van der Waals surface area contributed by atoms with Gasteiger partial charge in [0.2, 0.25) is 0 Å². The molecule has 5 nitrogen and oxygen atoms in total. The lowest BCUT2D eigenvalue weighted by molar-refractivity contribution is 0.289. The number of hydrogen-bond donors (Lipinski definition) is 1. The summed E-state index contributed by atoms with van der Waals surface area (Å²) in [5.74, 6) is 2.32. The number of fused-ring (bicyclic) bond motifs is 1. The molecule has 0 aromatic carbocycles. The van der Waals surface area contributed by atoms with E-state index in [2.05, 4.69) is 39.8 Å². The van der Waals surface area contributed by atoms with E-state index in [1.54, 1.807) is 0 Å².